The number of β-lactam (4-membered cyclic amide) rings is 1. The number of amides is 1. The summed E-state index contributed by atoms with van der Waals surface area (Å²) in [5, 5.41) is -0.220. The number of alkyl halides is 1. The normalized spacial score (nSPS) is 27.7. The fourth-order valence-electron chi connectivity index (χ4n) is 2.22. The zero-order valence-electron chi connectivity index (χ0n) is 11.5. The largest absolute Gasteiger partial charge is 0.614 e. The molecule has 2 unspecified atom stereocenters. The van der Waals surface area contributed by atoms with Crippen molar-refractivity contribution < 1.29 is 18.9 Å². The number of fused-ring (bicyclic) bond motifs is 1. The summed E-state index contributed by atoms with van der Waals surface area (Å²) >= 11 is 2.00. The van der Waals surface area contributed by atoms with E-state index in [1.807, 2.05) is 6.92 Å². The number of nitrogens with zero attached hydrogens (tertiary/aromatic N) is 1. The molecule has 2 aliphatic heterocycles. The predicted molar refractivity (Wildman–Crippen MR) is 85.6 cm³/mol. The van der Waals surface area contributed by atoms with Crippen molar-refractivity contribution in [3.63, 3.8) is 0 Å². The summed E-state index contributed by atoms with van der Waals surface area (Å²) in [4.78, 5) is 25.3. The lowest BCUT2D eigenvalue weighted by molar-refractivity contribution is -0.151. The lowest BCUT2D eigenvalue weighted by atomic mass is 10.0. The number of hydrogen-bond acceptors (Lipinski definition) is 5. The summed E-state index contributed by atoms with van der Waals surface area (Å²) < 4.78 is 17.2. The van der Waals surface area contributed by atoms with Crippen molar-refractivity contribution in [2.75, 3.05) is 17.7 Å². The van der Waals surface area contributed by atoms with Crippen molar-refractivity contribution in [2.45, 2.75) is 31.2 Å². The summed E-state index contributed by atoms with van der Waals surface area (Å²) in [6, 6.07) is -0.786. The number of halogens is 2. The second kappa shape index (κ2) is 7.82. The molecule has 0 aliphatic carbocycles. The van der Waals surface area contributed by atoms with Crippen molar-refractivity contribution in [1.82, 2.24) is 4.90 Å². The van der Waals surface area contributed by atoms with E-state index in [0.717, 1.165) is 12.8 Å². The molecule has 3 atom stereocenters. The molecule has 9 heteroatoms. The molecule has 0 aromatic carbocycles. The van der Waals surface area contributed by atoms with Crippen LogP contribution in [0, 0.1) is 0 Å². The quantitative estimate of drug-likeness (QED) is 0.240. The van der Waals surface area contributed by atoms with E-state index >= 15 is 0 Å². The Kier molecular flexibility index (Phi) is 6.99. The maximum absolute atomic E-state index is 12.2. The van der Waals surface area contributed by atoms with Crippen LogP contribution in [0.4, 0.5) is 0 Å². The molecule has 0 aromatic heterocycles. The number of ether oxygens (including phenoxy) is 1. The third-order valence-electron chi connectivity index (χ3n) is 3.33. The molecule has 0 saturated carbocycles. The third kappa shape index (κ3) is 3.39. The van der Waals surface area contributed by atoms with E-state index in [2.05, 4.69) is 15.9 Å². The topological polar surface area (TPSA) is 95.7 Å². The highest BCUT2D eigenvalue weighted by Gasteiger charge is 2.58. The molecule has 1 saturated heterocycles. The van der Waals surface area contributed by atoms with Gasteiger partial charge in [0.05, 0.1) is 6.61 Å². The highest BCUT2D eigenvalue weighted by molar-refractivity contribution is 9.09. The maximum atomic E-state index is 12.2. The van der Waals surface area contributed by atoms with Gasteiger partial charge in [-0.1, -0.05) is 29.3 Å². The van der Waals surface area contributed by atoms with Crippen LogP contribution in [0.5, 0.6) is 0 Å². The molecule has 21 heavy (non-hydrogen) atoms. The number of esters is 1. The minimum absolute atomic E-state index is 0. The summed E-state index contributed by atoms with van der Waals surface area (Å²) in [6.45, 7) is 2.31. The molecule has 2 rings (SSSR count). The third-order valence-corrected chi connectivity index (χ3v) is 5.68. The van der Waals surface area contributed by atoms with Gasteiger partial charge in [0, 0.05) is 10.9 Å². The van der Waals surface area contributed by atoms with Crippen molar-refractivity contribution >= 4 is 51.4 Å². The Labute approximate surface area is 141 Å². The van der Waals surface area contributed by atoms with Crippen LogP contribution in [0.1, 0.15) is 19.8 Å². The van der Waals surface area contributed by atoms with Gasteiger partial charge in [-0.25, -0.2) is 4.79 Å². The van der Waals surface area contributed by atoms with Gasteiger partial charge in [0.25, 0.3) is 5.91 Å². The zero-order chi connectivity index (χ0) is 14.9. The summed E-state index contributed by atoms with van der Waals surface area (Å²) in [6.07, 6.45) is 1.68. The first kappa shape index (κ1) is 18.8. The van der Waals surface area contributed by atoms with E-state index in [1.165, 1.54) is 4.90 Å². The van der Waals surface area contributed by atoms with Crippen molar-refractivity contribution in [1.29, 1.82) is 0 Å². The van der Waals surface area contributed by atoms with Crippen LogP contribution in [0.2, 0.25) is 0 Å². The average Bonchev–Trinajstić information content (AvgIpc) is 2.45. The number of carbonyl (C=O) groups is 2. The zero-order valence-corrected chi connectivity index (χ0v) is 14.8. The monoisotopic (exact) mass is 400 g/mol. The molecular weight excluding hydrogens is 384 g/mol. The SMILES string of the molecule is CCCCOC(=O)C1=C(CBr)C[S+]([O-])[C@@H]2C(N)C(=O)N12.Cl. The van der Waals surface area contributed by atoms with Gasteiger partial charge in [-0.3, -0.25) is 9.69 Å². The van der Waals surface area contributed by atoms with Crippen LogP contribution in [0.3, 0.4) is 0 Å². The van der Waals surface area contributed by atoms with Gasteiger partial charge in [0.15, 0.2) is 6.04 Å². The Morgan fingerprint density at radius 2 is 2.29 bits per heavy atom. The van der Waals surface area contributed by atoms with Crippen molar-refractivity contribution in [3.8, 4) is 0 Å². The van der Waals surface area contributed by atoms with Gasteiger partial charge in [0.1, 0.15) is 11.4 Å². The van der Waals surface area contributed by atoms with Gasteiger partial charge in [-0.2, -0.15) is 0 Å². The van der Waals surface area contributed by atoms with Crippen LogP contribution < -0.4 is 5.73 Å². The molecule has 1 fully saturated rings. The Balaban J connectivity index is 0.00000220. The first-order chi connectivity index (χ1) is 9.52. The molecule has 120 valence electrons. The number of carbonyl (C=O) groups excluding carboxylic acids is 2. The predicted octanol–water partition coefficient (Wildman–Crippen LogP) is 0.658. The Morgan fingerprint density at radius 3 is 2.86 bits per heavy atom. The fraction of sp³-hybridized carbons (Fsp3) is 0.667. The summed E-state index contributed by atoms with van der Waals surface area (Å²) in [5.74, 6) is -0.662. The molecule has 6 nitrogen and oxygen atoms in total. The van der Waals surface area contributed by atoms with Crippen LogP contribution >= 0.6 is 28.3 Å². The van der Waals surface area contributed by atoms with E-state index in [-0.39, 0.29) is 29.8 Å². The second-order valence-electron chi connectivity index (χ2n) is 4.72. The molecule has 0 bridgehead atoms. The lowest BCUT2D eigenvalue weighted by Gasteiger charge is -2.47. The highest BCUT2D eigenvalue weighted by Crippen LogP contribution is 2.36. The van der Waals surface area contributed by atoms with E-state index in [9.17, 15) is 14.1 Å². The van der Waals surface area contributed by atoms with E-state index < -0.39 is 28.6 Å². The van der Waals surface area contributed by atoms with E-state index in [4.69, 9.17) is 10.5 Å². The standard InChI is InChI=1S/C12H17BrN2O4S.ClH/c1-2-3-4-19-12(17)9-7(5-13)6-20(18)11-8(14)10(16)15(9)11;/h8,11H,2-6,14H2,1H3;1H/t8?,11-,20?;/m1./s1. The minimum Gasteiger partial charge on any atom is -0.614 e. The molecule has 0 aromatic rings. The van der Waals surface area contributed by atoms with Gasteiger partial charge < -0.3 is 15.0 Å². The molecular formula is C12H18BrClN2O4S. The Morgan fingerprint density at radius 1 is 1.62 bits per heavy atom. The molecule has 1 amide bonds. The number of unbranched alkanes of at least 4 members (excludes halogenated alkanes) is 1. The van der Waals surface area contributed by atoms with Crippen LogP contribution in [0.15, 0.2) is 11.3 Å². The molecule has 2 aliphatic rings. The number of hydrogen-bond donors (Lipinski definition) is 1. The van der Waals surface area contributed by atoms with Crippen LogP contribution in [0.25, 0.3) is 0 Å². The van der Waals surface area contributed by atoms with Crippen molar-refractivity contribution in [3.05, 3.63) is 11.3 Å². The number of rotatable bonds is 5. The first-order valence-electron chi connectivity index (χ1n) is 6.43. The van der Waals surface area contributed by atoms with Gasteiger partial charge in [-0.05, 0) is 17.6 Å². The summed E-state index contributed by atoms with van der Waals surface area (Å²) in [5.41, 5.74) is 6.51. The Bertz CT molecular complexity index is 463. The molecule has 2 N–H and O–H groups in total. The van der Waals surface area contributed by atoms with Crippen LogP contribution in [-0.4, -0.2) is 50.4 Å². The minimum atomic E-state index is -1.27. The Hall–Kier alpha value is -0.280. The molecule has 2 heterocycles. The van der Waals surface area contributed by atoms with E-state index in [0.29, 0.717) is 17.5 Å². The van der Waals surface area contributed by atoms with Gasteiger partial charge in [0.2, 0.25) is 5.37 Å². The second-order valence-corrected chi connectivity index (χ2v) is 6.82. The average molecular weight is 402 g/mol. The fourth-order valence-corrected chi connectivity index (χ4v) is 4.59. The first-order valence-corrected chi connectivity index (χ1v) is 8.94. The molecule has 0 radical (unpaired) electrons. The lowest BCUT2D eigenvalue weighted by Crippen LogP contribution is -2.73. The smallest absolute Gasteiger partial charge is 0.355 e. The molecule has 0 spiro atoms. The summed E-state index contributed by atoms with van der Waals surface area (Å²) in [7, 11) is 0. The van der Waals surface area contributed by atoms with Crippen LogP contribution in [-0.2, 0) is 25.5 Å². The number of nitrogens with two attached hydrogens (primary N) is 1. The van der Waals surface area contributed by atoms with Gasteiger partial charge in [-0.15, -0.1) is 12.4 Å². The highest BCUT2D eigenvalue weighted by atomic mass is 79.9. The maximum Gasteiger partial charge on any atom is 0.355 e. The van der Waals surface area contributed by atoms with E-state index in [1.54, 1.807) is 0 Å². The van der Waals surface area contributed by atoms with Gasteiger partial charge >= 0.3 is 5.97 Å². The van der Waals surface area contributed by atoms with Crippen molar-refractivity contribution in [2.24, 2.45) is 5.73 Å².